The van der Waals surface area contributed by atoms with E-state index in [1.165, 1.54) is 11.1 Å². The number of likely N-dealkylation sites (tertiary alicyclic amines) is 1. The van der Waals surface area contributed by atoms with Crippen molar-refractivity contribution in [1.29, 1.82) is 0 Å². The average molecular weight is 511 g/mol. The number of nitrogens with zero attached hydrogens (tertiary/aromatic N) is 3. The van der Waals surface area contributed by atoms with Gasteiger partial charge >= 0.3 is 0 Å². The third kappa shape index (κ3) is 6.70. The summed E-state index contributed by atoms with van der Waals surface area (Å²) < 4.78 is 5.25. The number of benzene rings is 1. The van der Waals surface area contributed by atoms with E-state index in [0.29, 0.717) is 18.6 Å². The van der Waals surface area contributed by atoms with Crippen molar-refractivity contribution in [3.8, 4) is 0 Å². The van der Waals surface area contributed by atoms with Crippen molar-refractivity contribution in [3.05, 3.63) is 52.9 Å². The van der Waals surface area contributed by atoms with E-state index < -0.39 is 0 Å². The molecular formula is C22H34IN5O. The zero-order valence-corrected chi connectivity index (χ0v) is 20.3. The number of hydrogen-bond acceptors (Lipinski definition) is 4. The van der Waals surface area contributed by atoms with Crippen LogP contribution in [0.2, 0.25) is 0 Å². The zero-order valence-electron chi connectivity index (χ0n) is 17.9. The van der Waals surface area contributed by atoms with Gasteiger partial charge < -0.3 is 15.2 Å². The first-order chi connectivity index (χ1) is 13.6. The van der Waals surface area contributed by atoms with Crippen molar-refractivity contribution < 1.29 is 4.52 Å². The molecule has 1 aliphatic rings. The summed E-state index contributed by atoms with van der Waals surface area (Å²) >= 11 is 0. The molecule has 2 unspecified atom stereocenters. The lowest BCUT2D eigenvalue weighted by Crippen LogP contribution is -2.44. The number of guanidine groups is 1. The first kappa shape index (κ1) is 23.7. The molecule has 0 bridgehead atoms. The van der Waals surface area contributed by atoms with Crippen LogP contribution in [0.3, 0.4) is 0 Å². The van der Waals surface area contributed by atoms with Crippen molar-refractivity contribution in [2.24, 2.45) is 4.99 Å². The van der Waals surface area contributed by atoms with Gasteiger partial charge in [-0.2, -0.15) is 0 Å². The first-order valence-corrected chi connectivity index (χ1v) is 10.3. The van der Waals surface area contributed by atoms with Crippen LogP contribution in [0.1, 0.15) is 42.8 Å². The summed E-state index contributed by atoms with van der Waals surface area (Å²) in [5.41, 5.74) is 3.50. The Hall–Kier alpha value is -1.61. The number of aliphatic imine (C=N–C) groups is 1. The van der Waals surface area contributed by atoms with Gasteiger partial charge in [0.15, 0.2) is 5.96 Å². The second-order valence-corrected chi connectivity index (χ2v) is 7.65. The molecule has 1 aromatic carbocycles. The Morgan fingerprint density at radius 3 is 2.69 bits per heavy atom. The molecule has 0 radical (unpaired) electrons. The van der Waals surface area contributed by atoms with Crippen molar-refractivity contribution in [3.63, 3.8) is 0 Å². The van der Waals surface area contributed by atoms with Crippen LogP contribution >= 0.6 is 24.0 Å². The normalized spacial score (nSPS) is 19.8. The molecule has 1 aliphatic heterocycles. The van der Waals surface area contributed by atoms with E-state index in [0.717, 1.165) is 49.9 Å². The molecule has 160 valence electrons. The lowest BCUT2D eigenvalue weighted by atomic mass is 10.1. The predicted molar refractivity (Wildman–Crippen MR) is 129 cm³/mol. The van der Waals surface area contributed by atoms with Crippen LogP contribution < -0.4 is 10.6 Å². The third-order valence-electron chi connectivity index (χ3n) is 5.43. The molecule has 0 saturated carbocycles. The van der Waals surface area contributed by atoms with Crippen LogP contribution in [0.5, 0.6) is 0 Å². The average Bonchev–Trinajstić information content (AvgIpc) is 3.18. The molecule has 0 amide bonds. The maximum Gasteiger partial charge on any atom is 0.191 e. The van der Waals surface area contributed by atoms with Gasteiger partial charge in [0.2, 0.25) is 0 Å². The largest absolute Gasteiger partial charge is 0.361 e. The van der Waals surface area contributed by atoms with E-state index in [4.69, 9.17) is 9.52 Å². The van der Waals surface area contributed by atoms with Crippen molar-refractivity contribution in [2.75, 3.05) is 19.6 Å². The van der Waals surface area contributed by atoms with Gasteiger partial charge in [0.1, 0.15) is 5.76 Å². The van der Waals surface area contributed by atoms with Gasteiger partial charge in [-0.05, 0) is 46.1 Å². The summed E-state index contributed by atoms with van der Waals surface area (Å²) in [6.45, 7) is 12.0. The second kappa shape index (κ2) is 11.5. The molecule has 6 nitrogen and oxygen atoms in total. The van der Waals surface area contributed by atoms with E-state index >= 15 is 0 Å². The molecule has 0 aliphatic carbocycles. The number of halogens is 1. The molecule has 1 aromatic heterocycles. The fraction of sp³-hybridized carbons (Fsp3) is 0.545. The molecule has 2 heterocycles. The molecular weight excluding hydrogens is 477 g/mol. The Morgan fingerprint density at radius 2 is 2.03 bits per heavy atom. The van der Waals surface area contributed by atoms with Gasteiger partial charge in [0.05, 0.1) is 5.69 Å². The van der Waals surface area contributed by atoms with Crippen molar-refractivity contribution >= 4 is 29.9 Å². The summed E-state index contributed by atoms with van der Waals surface area (Å²) in [7, 11) is 0. The van der Waals surface area contributed by atoms with E-state index in [9.17, 15) is 0 Å². The predicted octanol–water partition coefficient (Wildman–Crippen LogP) is 3.67. The SMILES string of the molecule is CCNC(=NCCc1c(C)noc1C)NC1CC(C)N(Cc2ccccc2)C1.I. The van der Waals surface area contributed by atoms with Gasteiger partial charge in [-0.15, -0.1) is 24.0 Å². The highest BCUT2D eigenvalue weighted by Crippen LogP contribution is 2.20. The molecule has 29 heavy (non-hydrogen) atoms. The molecule has 7 heteroatoms. The van der Waals surface area contributed by atoms with Gasteiger partial charge in [0, 0.05) is 43.8 Å². The minimum atomic E-state index is 0. The van der Waals surface area contributed by atoms with E-state index in [1.54, 1.807) is 0 Å². The zero-order chi connectivity index (χ0) is 19.9. The quantitative estimate of drug-likeness (QED) is 0.338. The second-order valence-electron chi connectivity index (χ2n) is 7.65. The van der Waals surface area contributed by atoms with Crippen molar-refractivity contribution in [1.82, 2.24) is 20.7 Å². The maximum absolute atomic E-state index is 5.25. The van der Waals surface area contributed by atoms with Gasteiger partial charge in [-0.3, -0.25) is 9.89 Å². The molecule has 2 aromatic rings. The Kier molecular flexibility index (Phi) is 9.42. The Balaban J connectivity index is 0.00000300. The highest BCUT2D eigenvalue weighted by atomic mass is 127. The van der Waals surface area contributed by atoms with Crippen molar-refractivity contribution in [2.45, 2.75) is 59.2 Å². The Morgan fingerprint density at radius 1 is 1.28 bits per heavy atom. The number of rotatable bonds is 7. The number of hydrogen-bond donors (Lipinski definition) is 2. The highest BCUT2D eigenvalue weighted by Gasteiger charge is 2.29. The summed E-state index contributed by atoms with van der Waals surface area (Å²) in [6.07, 6.45) is 1.97. The smallest absolute Gasteiger partial charge is 0.191 e. The number of nitrogens with one attached hydrogen (secondary N) is 2. The lowest BCUT2D eigenvalue weighted by Gasteiger charge is -2.21. The monoisotopic (exact) mass is 511 g/mol. The Bertz CT molecular complexity index is 757. The maximum atomic E-state index is 5.25. The standard InChI is InChI=1S/C22H33N5O.HI/c1-5-23-22(24-12-11-21-17(3)26-28-18(21)4)25-20-13-16(2)27(15-20)14-19-9-7-6-8-10-19;/h6-10,16,20H,5,11-15H2,1-4H3,(H2,23,24,25);1H. The van der Waals surface area contributed by atoms with Crippen LogP contribution in [0.25, 0.3) is 0 Å². The van der Waals surface area contributed by atoms with E-state index in [-0.39, 0.29) is 24.0 Å². The van der Waals surface area contributed by atoms with Crippen LogP contribution in [-0.4, -0.2) is 47.7 Å². The Labute approximate surface area is 191 Å². The number of aryl methyl sites for hydroxylation is 2. The van der Waals surface area contributed by atoms with Crippen LogP contribution in [0.15, 0.2) is 39.8 Å². The summed E-state index contributed by atoms with van der Waals surface area (Å²) in [5, 5.41) is 11.0. The molecule has 2 N–H and O–H groups in total. The number of aromatic nitrogens is 1. The highest BCUT2D eigenvalue weighted by molar-refractivity contribution is 14.0. The molecule has 2 atom stereocenters. The minimum absolute atomic E-state index is 0. The van der Waals surface area contributed by atoms with Crippen LogP contribution in [0.4, 0.5) is 0 Å². The molecule has 1 fully saturated rings. The van der Waals surface area contributed by atoms with Gasteiger partial charge in [-0.25, -0.2) is 0 Å². The van der Waals surface area contributed by atoms with Gasteiger partial charge in [0.25, 0.3) is 0 Å². The first-order valence-electron chi connectivity index (χ1n) is 10.3. The van der Waals surface area contributed by atoms with E-state index in [1.807, 2.05) is 13.8 Å². The van der Waals surface area contributed by atoms with E-state index in [2.05, 4.69) is 64.9 Å². The summed E-state index contributed by atoms with van der Waals surface area (Å²) in [4.78, 5) is 7.32. The van der Waals surface area contributed by atoms with Gasteiger partial charge in [-0.1, -0.05) is 35.5 Å². The fourth-order valence-electron chi connectivity index (χ4n) is 3.89. The summed E-state index contributed by atoms with van der Waals surface area (Å²) in [6, 6.07) is 11.7. The van der Waals surface area contributed by atoms with Crippen LogP contribution in [-0.2, 0) is 13.0 Å². The van der Waals surface area contributed by atoms with Crippen LogP contribution in [0, 0.1) is 13.8 Å². The third-order valence-corrected chi connectivity index (χ3v) is 5.43. The molecule has 1 saturated heterocycles. The fourth-order valence-corrected chi connectivity index (χ4v) is 3.89. The lowest BCUT2D eigenvalue weighted by molar-refractivity contribution is 0.258. The topological polar surface area (TPSA) is 65.7 Å². The molecule has 0 spiro atoms. The summed E-state index contributed by atoms with van der Waals surface area (Å²) in [5.74, 6) is 1.79. The minimum Gasteiger partial charge on any atom is -0.361 e. The molecule has 3 rings (SSSR count).